The van der Waals surface area contributed by atoms with Gasteiger partial charge >= 0.3 is 11.9 Å². The second-order valence-corrected chi connectivity index (χ2v) is 10.5. The summed E-state index contributed by atoms with van der Waals surface area (Å²) in [5, 5.41) is 6.31. The van der Waals surface area contributed by atoms with Crippen molar-refractivity contribution in [2.45, 2.75) is 37.0 Å². The zero-order chi connectivity index (χ0) is 27.6. The van der Waals surface area contributed by atoms with Gasteiger partial charge in [-0.2, -0.15) is 0 Å². The van der Waals surface area contributed by atoms with Crippen LogP contribution in [0.5, 0.6) is 0 Å². The Hall–Kier alpha value is -3.50. The zero-order valence-electron chi connectivity index (χ0n) is 21.3. The van der Waals surface area contributed by atoms with Gasteiger partial charge in [0.1, 0.15) is 34.3 Å². The van der Waals surface area contributed by atoms with Gasteiger partial charge in [-0.25, -0.2) is 8.78 Å². The van der Waals surface area contributed by atoms with Crippen molar-refractivity contribution in [1.29, 1.82) is 0 Å². The summed E-state index contributed by atoms with van der Waals surface area (Å²) in [5.74, 6) is -7.60. The molecular weight excluding hydrogens is 498 g/mol. The van der Waals surface area contributed by atoms with E-state index in [0.717, 1.165) is 0 Å². The normalized spacial score (nSPS) is 35.9. The van der Waals surface area contributed by atoms with Gasteiger partial charge in [0.15, 0.2) is 0 Å². The van der Waals surface area contributed by atoms with Crippen molar-refractivity contribution in [3.8, 4) is 0 Å². The fraction of sp³-hybridized carbons (Fsp3) is 0.429. The maximum atomic E-state index is 14.4. The Morgan fingerprint density at radius 1 is 0.684 bits per heavy atom. The molecule has 3 fully saturated rings. The Labute approximate surface area is 218 Å². The monoisotopic (exact) mass is 526 g/mol. The van der Waals surface area contributed by atoms with E-state index in [1.807, 2.05) is 0 Å². The number of hydrogen-bond acceptors (Lipinski definition) is 8. The highest BCUT2D eigenvalue weighted by Gasteiger charge is 2.72. The van der Waals surface area contributed by atoms with Crippen molar-refractivity contribution in [2.24, 2.45) is 23.7 Å². The molecule has 2 N–H and O–H groups in total. The zero-order valence-corrected chi connectivity index (χ0v) is 21.3. The first-order chi connectivity index (χ1) is 18.0. The van der Waals surface area contributed by atoms with Crippen LogP contribution in [0.15, 0.2) is 48.5 Å². The van der Waals surface area contributed by atoms with Crippen LogP contribution in [0.1, 0.15) is 37.1 Å². The molecule has 8 nitrogen and oxygen atoms in total. The predicted octanol–water partition coefficient (Wildman–Crippen LogP) is 2.43. The first-order valence-corrected chi connectivity index (χ1v) is 12.3. The summed E-state index contributed by atoms with van der Waals surface area (Å²) in [6, 6.07) is 9.35. The first kappa shape index (κ1) is 26.1. The molecule has 10 heteroatoms. The summed E-state index contributed by atoms with van der Waals surface area (Å²) in [6.45, 7) is 3.00. The van der Waals surface area contributed by atoms with E-state index in [4.69, 9.17) is 9.47 Å². The fourth-order valence-electron chi connectivity index (χ4n) is 6.82. The van der Waals surface area contributed by atoms with E-state index < -0.39 is 76.2 Å². The Morgan fingerprint density at radius 3 is 1.34 bits per heavy atom. The number of nitrogens with one attached hydrogen (secondary N) is 2. The molecule has 2 aromatic rings. The molecule has 0 bridgehead atoms. The van der Waals surface area contributed by atoms with Gasteiger partial charge in [0.2, 0.25) is 0 Å². The number of ketones is 2. The summed E-state index contributed by atoms with van der Waals surface area (Å²) >= 11 is 0. The molecule has 2 aromatic carbocycles. The lowest BCUT2D eigenvalue weighted by molar-refractivity contribution is -0.160. The molecule has 38 heavy (non-hydrogen) atoms. The highest BCUT2D eigenvalue weighted by Crippen LogP contribution is 2.57. The average Bonchev–Trinajstić information content (AvgIpc) is 3.41. The number of benzene rings is 2. The van der Waals surface area contributed by atoms with Crippen LogP contribution in [-0.4, -0.2) is 48.8 Å². The second-order valence-electron chi connectivity index (χ2n) is 10.5. The van der Waals surface area contributed by atoms with Crippen LogP contribution < -0.4 is 10.6 Å². The molecular formula is C28H28F2N2O6. The first-order valence-electron chi connectivity index (χ1n) is 12.3. The number of carbonyl (C=O) groups is 4. The van der Waals surface area contributed by atoms with E-state index in [1.54, 1.807) is 0 Å². The number of ether oxygens (including phenoxy) is 2. The molecule has 8 atom stereocenters. The molecule has 0 spiro atoms. The molecule has 5 rings (SSSR count). The largest absolute Gasteiger partial charge is 0.468 e. The predicted molar refractivity (Wildman–Crippen MR) is 129 cm³/mol. The topological polar surface area (TPSA) is 111 Å². The Balaban J connectivity index is 1.69. The van der Waals surface area contributed by atoms with Crippen LogP contribution in [0.3, 0.4) is 0 Å². The highest BCUT2D eigenvalue weighted by molar-refractivity contribution is 6.08. The van der Waals surface area contributed by atoms with E-state index in [2.05, 4.69) is 10.6 Å². The Morgan fingerprint density at radius 2 is 1.03 bits per heavy atom. The molecule has 200 valence electrons. The summed E-state index contributed by atoms with van der Waals surface area (Å²) in [4.78, 5) is 55.0. The van der Waals surface area contributed by atoms with Crippen molar-refractivity contribution in [3.63, 3.8) is 0 Å². The number of rotatable bonds is 4. The molecule has 0 amide bonds. The van der Waals surface area contributed by atoms with Crippen molar-refractivity contribution in [3.05, 3.63) is 71.3 Å². The maximum Gasteiger partial charge on any atom is 0.326 e. The standard InChI is InChI=1S/C28H28F2N2O6/c1-27(25(35)37-3)19-17(21(31-27)13-5-9-15(29)10-6-13)23(33)18-20(24(19)34)28(2,26(36)38-4)32-22(18)14-7-11-16(30)12-8-14/h5-12,17-22,31-32H,1-4H3/t17-,18-,19-,20-,21-,22-,27-,28-/m0/s1. The van der Waals surface area contributed by atoms with Crippen molar-refractivity contribution in [1.82, 2.24) is 10.6 Å². The number of fused-ring (bicyclic) bond motifs is 2. The molecule has 2 heterocycles. The second kappa shape index (κ2) is 9.06. The van der Waals surface area contributed by atoms with Crippen molar-refractivity contribution in [2.75, 3.05) is 14.2 Å². The molecule has 2 aliphatic heterocycles. The lowest BCUT2D eigenvalue weighted by Gasteiger charge is -2.41. The fourth-order valence-corrected chi connectivity index (χ4v) is 6.82. The minimum atomic E-state index is -1.60. The van der Waals surface area contributed by atoms with Gasteiger partial charge in [-0.05, 0) is 49.2 Å². The van der Waals surface area contributed by atoms with Crippen LogP contribution in [0, 0.1) is 35.3 Å². The molecule has 0 radical (unpaired) electrons. The number of esters is 2. The summed E-state index contributed by atoms with van der Waals surface area (Å²) < 4.78 is 37.5. The van der Waals surface area contributed by atoms with Crippen molar-refractivity contribution >= 4 is 23.5 Å². The highest BCUT2D eigenvalue weighted by atomic mass is 19.1. The van der Waals surface area contributed by atoms with E-state index in [-0.39, 0.29) is 5.78 Å². The number of hydrogen-bond donors (Lipinski definition) is 2. The third-order valence-electron chi connectivity index (χ3n) is 8.54. The van der Waals surface area contributed by atoms with E-state index in [0.29, 0.717) is 11.1 Å². The van der Waals surface area contributed by atoms with E-state index in [1.165, 1.54) is 76.6 Å². The van der Waals surface area contributed by atoms with E-state index >= 15 is 0 Å². The average molecular weight is 527 g/mol. The molecule has 3 aliphatic rings. The van der Waals surface area contributed by atoms with Gasteiger partial charge in [0, 0.05) is 23.9 Å². The molecule has 0 unspecified atom stereocenters. The minimum absolute atomic E-state index is 0.344. The van der Waals surface area contributed by atoms with Crippen LogP contribution >= 0.6 is 0 Å². The third-order valence-corrected chi connectivity index (χ3v) is 8.54. The van der Waals surface area contributed by atoms with Gasteiger partial charge in [-0.1, -0.05) is 24.3 Å². The van der Waals surface area contributed by atoms with Gasteiger partial charge in [0.25, 0.3) is 0 Å². The SMILES string of the molecule is COC(=O)[C@@]1(C)N[C@@H](c2ccc(F)cc2)[C@H]2C(=O)[C@H]3[C@@H](C(=O)[C@H]21)[C@@](C)(C(=O)OC)N[C@H]3c1ccc(F)cc1. The molecule has 0 aromatic heterocycles. The van der Waals surface area contributed by atoms with Crippen LogP contribution in [0.25, 0.3) is 0 Å². The van der Waals surface area contributed by atoms with Crippen LogP contribution in [-0.2, 0) is 28.7 Å². The maximum absolute atomic E-state index is 14.4. The van der Waals surface area contributed by atoms with Crippen molar-refractivity contribution < 1.29 is 37.4 Å². The number of carbonyl (C=O) groups excluding carboxylic acids is 4. The van der Waals surface area contributed by atoms with Crippen LogP contribution in [0.2, 0.25) is 0 Å². The van der Waals surface area contributed by atoms with Gasteiger partial charge in [-0.3, -0.25) is 29.8 Å². The number of Topliss-reactive ketones (excluding diaryl/α,β-unsaturated/α-hetero) is 2. The lowest BCUT2D eigenvalue weighted by Crippen LogP contribution is -2.61. The minimum Gasteiger partial charge on any atom is -0.468 e. The lowest BCUT2D eigenvalue weighted by atomic mass is 9.58. The summed E-state index contributed by atoms with van der Waals surface area (Å²) in [5.41, 5.74) is -2.15. The Kier molecular flexibility index (Phi) is 6.23. The third kappa shape index (κ3) is 3.61. The molecule has 1 aliphatic carbocycles. The summed E-state index contributed by atoms with van der Waals surface area (Å²) in [7, 11) is 2.38. The smallest absolute Gasteiger partial charge is 0.326 e. The summed E-state index contributed by atoms with van der Waals surface area (Å²) in [6.07, 6.45) is 0. The van der Waals surface area contributed by atoms with E-state index in [9.17, 15) is 28.0 Å². The van der Waals surface area contributed by atoms with Gasteiger partial charge < -0.3 is 9.47 Å². The molecule has 1 saturated carbocycles. The quantitative estimate of drug-likeness (QED) is 0.585. The Bertz CT molecular complexity index is 1220. The van der Waals surface area contributed by atoms with Gasteiger partial charge in [-0.15, -0.1) is 0 Å². The van der Waals surface area contributed by atoms with Gasteiger partial charge in [0.05, 0.1) is 26.1 Å². The van der Waals surface area contributed by atoms with Crippen LogP contribution in [0.4, 0.5) is 8.78 Å². The number of methoxy groups -OCH3 is 2. The number of halogens is 2. The molecule has 2 saturated heterocycles.